The molecule has 0 saturated heterocycles. The summed E-state index contributed by atoms with van der Waals surface area (Å²) in [4.78, 5) is 25.8. The van der Waals surface area contributed by atoms with Crippen molar-refractivity contribution < 1.29 is 14.0 Å². The number of carbonyl (C=O) groups is 2. The number of halogens is 1. The van der Waals surface area contributed by atoms with Crippen molar-refractivity contribution in [1.29, 1.82) is 0 Å². The van der Waals surface area contributed by atoms with E-state index in [2.05, 4.69) is 30.3 Å². The van der Waals surface area contributed by atoms with Crippen molar-refractivity contribution in [3.8, 4) is 0 Å². The van der Waals surface area contributed by atoms with Gasteiger partial charge in [-0.25, -0.2) is 4.39 Å². The van der Waals surface area contributed by atoms with Crippen molar-refractivity contribution in [1.82, 2.24) is 25.0 Å². The van der Waals surface area contributed by atoms with Crippen molar-refractivity contribution >= 4 is 17.5 Å². The lowest BCUT2D eigenvalue weighted by Gasteiger charge is -2.20. The fourth-order valence-corrected chi connectivity index (χ4v) is 3.94. The second-order valence-electron chi connectivity index (χ2n) is 8.17. The summed E-state index contributed by atoms with van der Waals surface area (Å²) >= 11 is 0. The van der Waals surface area contributed by atoms with Crippen LogP contribution < -0.4 is 10.6 Å². The van der Waals surface area contributed by atoms with E-state index < -0.39 is 0 Å². The van der Waals surface area contributed by atoms with E-state index in [0.717, 1.165) is 49.9 Å². The molecular formula is C24H27FN6O2. The summed E-state index contributed by atoms with van der Waals surface area (Å²) in [5, 5.41) is 14.2. The minimum Gasteiger partial charge on any atom is -0.349 e. The topological polar surface area (TPSA) is 92.2 Å². The molecule has 0 aliphatic carbocycles. The Morgan fingerprint density at radius 3 is 2.61 bits per heavy atom. The number of benzene rings is 2. The molecule has 1 aliphatic heterocycles. The van der Waals surface area contributed by atoms with Gasteiger partial charge in [-0.05, 0) is 35.4 Å². The van der Waals surface area contributed by atoms with E-state index in [9.17, 15) is 14.0 Å². The molecule has 0 radical (unpaired) electrons. The second kappa shape index (κ2) is 10.4. The van der Waals surface area contributed by atoms with E-state index in [1.807, 2.05) is 24.3 Å². The number of hydrogen-bond donors (Lipinski definition) is 2. The molecule has 0 fully saturated rings. The highest BCUT2D eigenvalue weighted by molar-refractivity contribution is 5.88. The number of amides is 2. The molecule has 2 aromatic carbocycles. The van der Waals surface area contributed by atoms with Crippen molar-refractivity contribution in [3.63, 3.8) is 0 Å². The van der Waals surface area contributed by atoms with Gasteiger partial charge < -0.3 is 15.2 Å². The molecule has 0 unspecified atom stereocenters. The maximum absolute atomic E-state index is 13.3. The highest BCUT2D eigenvalue weighted by atomic mass is 19.1. The molecule has 2 heterocycles. The van der Waals surface area contributed by atoms with Gasteiger partial charge in [0.05, 0.1) is 13.0 Å². The zero-order chi connectivity index (χ0) is 23.2. The van der Waals surface area contributed by atoms with Crippen LogP contribution in [0.4, 0.5) is 10.1 Å². The highest BCUT2D eigenvalue weighted by Crippen LogP contribution is 2.15. The van der Waals surface area contributed by atoms with Gasteiger partial charge in [-0.1, -0.05) is 24.3 Å². The number of anilines is 1. The van der Waals surface area contributed by atoms with Crippen molar-refractivity contribution in [2.45, 2.75) is 39.4 Å². The zero-order valence-electron chi connectivity index (χ0n) is 18.6. The number of aromatic nitrogens is 3. The molecule has 0 spiro atoms. The average molecular weight is 451 g/mol. The summed E-state index contributed by atoms with van der Waals surface area (Å²) in [5.41, 5.74) is 2.59. The van der Waals surface area contributed by atoms with Gasteiger partial charge in [0.1, 0.15) is 11.6 Å². The molecule has 3 aromatic rings. The third-order valence-electron chi connectivity index (χ3n) is 5.57. The molecule has 172 valence electrons. The Morgan fingerprint density at radius 1 is 1.03 bits per heavy atom. The van der Waals surface area contributed by atoms with Crippen LogP contribution in [0.3, 0.4) is 0 Å². The Morgan fingerprint density at radius 2 is 1.85 bits per heavy atom. The maximum Gasteiger partial charge on any atom is 0.224 e. The standard InChI is InChI=1S/C24H27FN6O2/c1-17(32)27-21-7-5-18(6-8-21)16-30-10-9-22-28-29-23(31(22)12-11-30)15-26-24(33)14-19-3-2-4-20(25)13-19/h2-8,13H,9-12,14-16H2,1H3,(H,26,33)(H,27,32). The number of rotatable bonds is 7. The largest absolute Gasteiger partial charge is 0.349 e. The summed E-state index contributed by atoms with van der Waals surface area (Å²) in [6, 6.07) is 13.9. The number of hydrogen-bond acceptors (Lipinski definition) is 5. The van der Waals surface area contributed by atoms with E-state index in [1.165, 1.54) is 24.6 Å². The maximum atomic E-state index is 13.3. The van der Waals surface area contributed by atoms with Gasteiger partial charge in [0, 0.05) is 45.2 Å². The lowest BCUT2D eigenvalue weighted by molar-refractivity contribution is -0.120. The summed E-state index contributed by atoms with van der Waals surface area (Å²) in [6.07, 6.45) is 0.890. The number of nitrogens with zero attached hydrogens (tertiary/aromatic N) is 4. The van der Waals surface area contributed by atoms with Crippen LogP contribution in [0, 0.1) is 5.82 Å². The molecule has 0 bridgehead atoms. The summed E-state index contributed by atoms with van der Waals surface area (Å²) in [6.45, 7) is 5.01. The zero-order valence-corrected chi connectivity index (χ0v) is 18.6. The number of carbonyl (C=O) groups excluding carboxylic acids is 2. The molecule has 4 rings (SSSR count). The number of nitrogens with one attached hydrogen (secondary N) is 2. The summed E-state index contributed by atoms with van der Waals surface area (Å²) < 4.78 is 15.4. The minimum atomic E-state index is -0.351. The smallest absolute Gasteiger partial charge is 0.224 e. The van der Waals surface area contributed by atoms with Gasteiger partial charge in [-0.15, -0.1) is 10.2 Å². The van der Waals surface area contributed by atoms with Crippen LogP contribution in [0.1, 0.15) is 29.7 Å². The molecule has 2 amide bonds. The SMILES string of the molecule is CC(=O)Nc1ccc(CN2CCc3nnc(CNC(=O)Cc4cccc(F)c4)n3CC2)cc1. The Hall–Kier alpha value is -3.59. The second-order valence-corrected chi connectivity index (χ2v) is 8.17. The predicted octanol–water partition coefficient (Wildman–Crippen LogP) is 2.29. The Balaban J connectivity index is 1.30. The minimum absolute atomic E-state index is 0.0840. The van der Waals surface area contributed by atoms with Crippen molar-refractivity contribution in [3.05, 3.63) is 77.1 Å². The van der Waals surface area contributed by atoms with Crippen molar-refractivity contribution in [2.24, 2.45) is 0 Å². The first-order valence-corrected chi connectivity index (χ1v) is 11.0. The van der Waals surface area contributed by atoms with Gasteiger partial charge in [0.2, 0.25) is 11.8 Å². The first-order valence-electron chi connectivity index (χ1n) is 11.0. The van der Waals surface area contributed by atoms with E-state index in [1.54, 1.807) is 12.1 Å². The van der Waals surface area contributed by atoms with Crippen LogP contribution in [0.25, 0.3) is 0 Å². The first kappa shape index (κ1) is 22.6. The predicted molar refractivity (Wildman–Crippen MR) is 122 cm³/mol. The van der Waals surface area contributed by atoms with E-state index in [-0.39, 0.29) is 30.6 Å². The van der Waals surface area contributed by atoms with Gasteiger partial charge in [-0.2, -0.15) is 0 Å². The van der Waals surface area contributed by atoms with Crippen LogP contribution >= 0.6 is 0 Å². The lowest BCUT2D eigenvalue weighted by Crippen LogP contribution is -2.28. The molecule has 8 nitrogen and oxygen atoms in total. The van der Waals surface area contributed by atoms with Gasteiger partial charge >= 0.3 is 0 Å². The third kappa shape index (κ3) is 6.23. The monoisotopic (exact) mass is 450 g/mol. The molecular weight excluding hydrogens is 423 g/mol. The molecule has 0 atom stereocenters. The Bertz CT molecular complexity index is 1130. The van der Waals surface area contributed by atoms with Crippen LogP contribution in [-0.2, 0) is 42.1 Å². The third-order valence-corrected chi connectivity index (χ3v) is 5.57. The average Bonchev–Trinajstić information content (AvgIpc) is 3.05. The lowest BCUT2D eigenvalue weighted by atomic mass is 10.1. The molecule has 9 heteroatoms. The van der Waals surface area contributed by atoms with Crippen LogP contribution in [0.2, 0.25) is 0 Å². The number of fused-ring (bicyclic) bond motifs is 1. The van der Waals surface area contributed by atoms with E-state index >= 15 is 0 Å². The quantitative estimate of drug-likeness (QED) is 0.576. The highest BCUT2D eigenvalue weighted by Gasteiger charge is 2.19. The molecule has 2 N–H and O–H groups in total. The molecule has 1 aliphatic rings. The van der Waals surface area contributed by atoms with Gasteiger partial charge in [0.25, 0.3) is 0 Å². The Kier molecular flexibility index (Phi) is 7.09. The van der Waals surface area contributed by atoms with E-state index in [4.69, 9.17) is 0 Å². The van der Waals surface area contributed by atoms with Crippen LogP contribution in [0.5, 0.6) is 0 Å². The molecule has 1 aromatic heterocycles. The van der Waals surface area contributed by atoms with Crippen LogP contribution in [-0.4, -0.2) is 44.6 Å². The molecule has 33 heavy (non-hydrogen) atoms. The fourth-order valence-electron chi connectivity index (χ4n) is 3.94. The first-order chi connectivity index (χ1) is 16.0. The molecule has 0 saturated carbocycles. The van der Waals surface area contributed by atoms with Crippen molar-refractivity contribution in [2.75, 3.05) is 18.4 Å². The Labute approximate surface area is 191 Å². The summed E-state index contributed by atoms with van der Waals surface area (Å²) in [5.74, 6) is 1.01. The fraction of sp³-hybridized carbons (Fsp3) is 0.333. The summed E-state index contributed by atoms with van der Waals surface area (Å²) in [7, 11) is 0. The van der Waals surface area contributed by atoms with E-state index in [0.29, 0.717) is 5.56 Å². The van der Waals surface area contributed by atoms with Gasteiger partial charge in [-0.3, -0.25) is 14.5 Å². The normalized spacial score (nSPS) is 13.8. The van der Waals surface area contributed by atoms with Gasteiger partial charge in [0.15, 0.2) is 5.82 Å². The van der Waals surface area contributed by atoms with Crippen LogP contribution in [0.15, 0.2) is 48.5 Å².